The monoisotopic (exact) mass is 640 g/mol. The highest BCUT2D eigenvalue weighted by Crippen LogP contribution is 2.41. The summed E-state index contributed by atoms with van der Waals surface area (Å²) >= 11 is 0. The molecule has 4 heteroatoms. The standard InChI is InChI=1S/C46H32N4/c1-2-12-32(13-3-1)49-41-21-11-10-20-40(41)47-45(49)30-24-22-29(23-25-30)31-26-27-36-35-16-6-9-19-39(35)46-48-43-37-17-7-4-14-33(37)34-15-5-8-18-38(34)44(43)50(46)42(36)28-31/h1-2,4-11,14-28,32H,3,12-13H2. The molecular formula is C46H32N4. The van der Waals surface area contributed by atoms with Crippen LogP contribution in [-0.2, 0) is 0 Å². The number of hydrogen-bond donors (Lipinski definition) is 0. The Morgan fingerprint density at radius 2 is 1.14 bits per heavy atom. The SMILES string of the molecule is C1=CCC(n2c(-c3ccc(-c4ccc5c6ccccc6c6nc7c8ccccc8c8ccccc8c7n6c5c4)cc3)nc3ccccc32)CC1. The lowest BCUT2D eigenvalue weighted by Gasteiger charge is -2.23. The van der Waals surface area contributed by atoms with Gasteiger partial charge >= 0.3 is 0 Å². The summed E-state index contributed by atoms with van der Waals surface area (Å²) < 4.78 is 4.89. The highest BCUT2D eigenvalue weighted by atomic mass is 15.1. The molecule has 1 atom stereocenters. The average molecular weight is 641 g/mol. The number of hydrogen-bond acceptors (Lipinski definition) is 2. The van der Waals surface area contributed by atoms with Crippen molar-refractivity contribution >= 4 is 70.9 Å². The van der Waals surface area contributed by atoms with Crippen LogP contribution in [0.2, 0.25) is 0 Å². The lowest BCUT2D eigenvalue weighted by molar-refractivity contribution is 0.476. The van der Waals surface area contributed by atoms with Crippen LogP contribution in [0.1, 0.15) is 25.3 Å². The van der Waals surface area contributed by atoms with Crippen LogP contribution in [0.5, 0.6) is 0 Å². The Labute approximate surface area is 288 Å². The fraction of sp³-hybridized carbons (Fsp3) is 0.0870. The number of aromatic nitrogens is 4. The lowest BCUT2D eigenvalue weighted by atomic mass is 9.98. The third-order valence-electron chi connectivity index (χ3n) is 10.9. The quantitative estimate of drug-likeness (QED) is 0.142. The van der Waals surface area contributed by atoms with Crippen molar-refractivity contribution in [3.8, 4) is 22.5 Å². The third kappa shape index (κ3) is 3.93. The van der Waals surface area contributed by atoms with Gasteiger partial charge in [-0.3, -0.25) is 4.40 Å². The van der Waals surface area contributed by atoms with Gasteiger partial charge < -0.3 is 4.57 Å². The highest BCUT2D eigenvalue weighted by molar-refractivity contribution is 6.26. The predicted octanol–water partition coefficient (Wildman–Crippen LogP) is 12.1. The second-order valence-corrected chi connectivity index (χ2v) is 13.6. The fourth-order valence-corrected chi connectivity index (χ4v) is 8.60. The molecule has 0 N–H and O–H groups in total. The topological polar surface area (TPSA) is 35.1 Å². The molecule has 7 aromatic carbocycles. The normalized spacial score (nSPS) is 15.1. The van der Waals surface area contributed by atoms with Crippen molar-refractivity contribution in [1.82, 2.24) is 18.9 Å². The largest absolute Gasteiger partial charge is 0.321 e. The molecule has 0 bridgehead atoms. The minimum atomic E-state index is 0.415. The Hall–Kier alpha value is -6.26. The minimum absolute atomic E-state index is 0.415. The van der Waals surface area contributed by atoms with E-state index in [1.807, 2.05) is 0 Å². The molecule has 3 heterocycles. The van der Waals surface area contributed by atoms with Gasteiger partial charge in [0.25, 0.3) is 0 Å². The smallest absolute Gasteiger partial charge is 0.146 e. The summed E-state index contributed by atoms with van der Waals surface area (Å²) in [6, 6.07) is 51.1. The van der Waals surface area contributed by atoms with Crippen molar-refractivity contribution in [1.29, 1.82) is 0 Å². The van der Waals surface area contributed by atoms with E-state index >= 15 is 0 Å². The van der Waals surface area contributed by atoms with Gasteiger partial charge in [-0.2, -0.15) is 0 Å². The van der Waals surface area contributed by atoms with E-state index in [9.17, 15) is 0 Å². The summed E-state index contributed by atoms with van der Waals surface area (Å²) in [7, 11) is 0. The van der Waals surface area contributed by atoms with E-state index in [0.717, 1.165) is 63.8 Å². The molecule has 0 spiro atoms. The van der Waals surface area contributed by atoms with Gasteiger partial charge in [-0.15, -0.1) is 0 Å². The Morgan fingerprint density at radius 3 is 1.92 bits per heavy atom. The van der Waals surface area contributed by atoms with Gasteiger partial charge in [-0.1, -0.05) is 133 Å². The molecule has 0 amide bonds. The van der Waals surface area contributed by atoms with E-state index < -0.39 is 0 Å². The Morgan fingerprint density at radius 1 is 0.500 bits per heavy atom. The molecule has 0 saturated heterocycles. The van der Waals surface area contributed by atoms with Gasteiger partial charge in [-0.25, -0.2) is 9.97 Å². The Kier molecular flexibility index (Phi) is 5.88. The first-order chi connectivity index (χ1) is 24.8. The van der Waals surface area contributed by atoms with Gasteiger partial charge in [0.05, 0.1) is 27.6 Å². The molecule has 0 aliphatic heterocycles. The second-order valence-electron chi connectivity index (χ2n) is 13.6. The van der Waals surface area contributed by atoms with Gasteiger partial charge in [0.15, 0.2) is 0 Å². The molecule has 3 aromatic heterocycles. The summed E-state index contributed by atoms with van der Waals surface area (Å²) in [5.41, 5.74) is 10.1. The highest BCUT2D eigenvalue weighted by Gasteiger charge is 2.22. The second kappa shape index (κ2) is 10.6. The number of imidazole rings is 2. The van der Waals surface area contributed by atoms with Crippen LogP contribution >= 0.6 is 0 Å². The predicted molar refractivity (Wildman–Crippen MR) is 209 cm³/mol. The maximum absolute atomic E-state index is 5.43. The van der Waals surface area contributed by atoms with Gasteiger partial charge in [0, 0.05) is 33.2 Å². The van der Waals surface area contributed by atoms with E-state index in [1.54, 1.807) is 0 Å². The number of pyridine rings is 1. The van der Waals surface area contributed by atoms with Crippen molar-refractivity contribution < 1.29 is 0 Å². The van der Waals surface area contributed by atoms with Crippen molar-refractivity contribution in [2.24, 2.45) is 0 Å². The van der Waals surface area contributed by atoms with Crippen LogP contribution in [-0.4, -0.2) is 18.9 Å². The molecule has 0 radical (unpaired) electrons. The van der Waals surface area contributed by atoms with E-state index in [0.29, 0.717) is 6.04 Å². The molecule has 50 heavy (non-hydrogen) atoms. The first-order valence-corrected chi connectivity index (χ1v) is 17.6. The van der Waals surface area contributed by atoms with Crippen molar-refractivity contribution in [2.75, 3.05) is 0 Å². The lowest BCUT2D eigenvalue weighted by Crippen LogP contribution is -2.11. The molecule has 11 rings (SSSR count). The molecule has 0 fully saturated rings. The maximum atomic E-state index is 5.43. The zero-order valence-electron chi connectivity index (χ0n) is 27.4. The van der Waals surface area contributed by atoms with Gasteiger partial charge in [0.2, 0.25) is 0 Å². The molecule has 236 valence electrons. The Bertz CT molecular complexity index is 3020. The first-order valence-electron chi connectivity index (χ1n) is 17.6. The number of para-hydroxylation sites is 2. The summed E-state index contributed by atoms with van der Waals surface area (Å²) in [5.74, 6) is 1.05. The number of allylic oxidation sites excluding steroid dienone is 2. The average Bonchev–Trinajstić information content (AvgIpc) is 3.79. The van der Waals surface area contributed by atoms with E-state index in [-0.39, 0.29) is 0 Å². The van der Waals surface area contributed by atoms with E-state index in [4.69, 9.17) is 9.97 Å². The summed E-state index contributed by atoms with van der Waals surface area (Å²) in [4.78, 5) is 10.6. The molecule has 10 aromatic rings. The number of nitrogens with zero attached hydrogens (tertiary/aromatic N) is 4. The molecular weight excluding hydrogens is 609 g/mol. The van der Waals surface area contributed by atoms with Crippen LogP contribution in [0.25, 0.3) is 93.4 Å². The zero-order chi connectivity index (χ0) is 32.8. The minimum Gasteiger partial charge on any atom is -0.321 e. The van der Waals surface area contributed by atoms with Crippen molar-refractivity contribution in [3.63, 3.8) is 0 Å². The molecule has 1 aliphatic rings. The van der Waals surface area contributed by atoms with Gasteiger partial charge in [0.1, 0.15) is 11.5 Å². The first kappa shape index (κ1) is 27.7. The molecule has 1 unspecified atom stereocenters. The number of benzene rings is 7. The van der Waals surface area contributed by atoms with E-state index in [1.165, 1.54) is 49.0 Å². The fourth-order valence-electron chi connectivity index (χ4n) is 8.60. The van der Waals surface area contributed by atoms with Crippen LogP contribution in [0, 0.1) is 0 Å². The summed E-state index contributed by atoms with van der Waals surface area (Å²) in [5, 5.41) is 8.50. The number of rotatable bonds is 3. The Balaban J connectivity index is 1.14. The molecule has 0 saturated carbocycles. The van der Waals surface area contributed by atoms with E-state index in [2.05, 4.69) is 161 Å². The van der Waals surface area contributed by atoms with Crippen LogP contribution < -0.4 is 0 Å². The molecule has 4 nitrogen and oxygen atoms in total. The van der Waals surface area contributed by atoms with Gasteiger partial charge in [-0.05, 0) is 64.7 Å². The van der Waals surface area contributed by atoms with Crippen LogP contribution in [0.3, 0.4) is 0 Å². The summed E-state index contributed by atoms with van der Waals surface area (Å²) in [6.07, 6.45) is 7.92. The maximum Gasteiger partial charge on any atom is 0.146 e. The van der Waals surface area contributed by atoms with Crippen LogP contribution in [0.4, 0.5) is 0 Å². The number of fused-ring (bicyclic) bond motifs is 14. The zero-order valence-corrected chi connectivity index (χ0v) is 27.4. The summed E-state index contributed by atoms with van der Waals surface area (Å²) in [6.45, 7) is 0. The van der Waals surface area contributed by atoms with Crippen molar-refractivity contribution in [2.45, 2.75) is 25.3 Å². The molecule has 1 aliphatic carbocycles. The van der Waals surface area contributed by atoms with Crippen LogP contribution in [0.15, 0.2) is 152 Å². The third-order valence-corrected chi connectivity index (χ3v) is 10.9. The van der Waals surface area contributed by atoms with Crippen molar-refractivity contribution in [3.05, 3.63) is 152 Å².